The number of ketones is 2. The van der Waals surface area contributed by atoms with E-state index in [2.05, 4.69) is 4.74 Å². The van der Waals surface area contributed by atoms with Crippen LogP contribution in [0, 0.1) is 5.92 Å². The third-order valence-corrected chi connectivity index (χ3v) is 1.53. The summed E-state index contributed by atoms with van der Waals surface area (Å²) >= 11 is 0. The number of carbonyl (C=O) groups is 3. The molecule has 0 aliphatic carbocycles. The summed E-state index contributed by atoms with van der Waals surface area (Å²) < 4.78 is 4.61. The average molecular weight is 377 g/mol. The Morgan fingerprint density at radius 2 is 2.00 bits per heavy atom. The molecule has 0 aromatic carbocycles. The summed E-state index contributed by atoms with van der Waals surface area (Å²) in [5.41, 5.74) is 0. The molecule has 0 amide bonds. The SMILES string of the molecule is CC(=O)C1C(=O)C=C(C)OC1=O.[PbH2]. The molecule has 70 valence electrons. The monoisotopic (exact) mass is 378 g/mol. The average Bonchev–Trinajstić information content (AvgIpc) is 1.82. The predicted octanol–water partition coefficient (Wildman–Crippen LogP) is -0.695. The number of Topliss-reactive ketones (excluding diaryl/α,β-unsaturated/α-hetero) is 1. The fourth-order valence-corrected chi connectivity index (χ4v) is 1.01. The minimum atomic E-state index is -1.24. The number of hydrogen-bond acceptors (Lipinski definition) is 4. The Bertz CT molecular complexity index is 293. The van der Waals surface area contributed by atoms with Crippen LogP contribution in [0.3, 0.4) is 0 Å². The molecule has 0 fully saturated rings. The Morgan fingerprint density at radius 3 is 2.38 bits per heavy atom. The van der Waals surface area contributed by atoms with Gasteiger partial charge in [-0.2, -0.15) is 0 Å². The summed E-state index contributed by atoms with van der Waals surface area (Å²) in [4.78, 5) is 32.8. The van der Waals surface area contributed by atoms with E-state index < -0.39 is 23.5 Å². The second kappa shape index (κ2) is 4.64. The van der Waals surface area contributed by atoms with E-state index in [0.717, 1.165) is 6.08 Å². The molecule has 0 aromatic heterocycles. The predicted molar refractivity (Wildman–Crippen MR) is 47.6 cm³/mol. The first kappa shape index (κ1) is 12.5. The number of carbonyl (C=O) groups excluding carboxylic acids is 3. The first-order valence-electron chi connectivity index (χ1n) is 3.46. The molecule has 1 rings (SSSR count). The Kier molecular flexibility index (Phi) is 4.45. The van der Waals surface area contributed by atoms with Crippen LogP contribution in [-0.2, 0) is 19.1 Å². The van der Waals surface area contributed by atoms with Gasteiger partial charge in [0.05, 0.1) is 0 Å². The van der Waals surface area contributed by atoms with Gasteiger partial charge in [-0.15, -0.1) is 0 Å². The molecule has 5 heteroatoms. The minimum absolute atomic E-state index is 0. The van der Waals surface area contributed by atoms with Crippen LogP contribution in [0.15, 0.2) is 11.8 Å². The summed E-state index contributed by atoms with van der Waals surface area (Å²) in [6, 6.07) is 0. The van der Waals surface area contributed by atoms with E-state index in [4.69, 9.17) is 0 Å². The van der Waals surface area contributed by atoms with Gasteiger partial charge in [-0.1, -0.05) is 0 Å². The Morgan fingerprint density at radius 1 is 1.46 bits per heavy atom. The van der Waals surface area contributed by atoms with Crippen molar-refractivity contribution < 1.29 is 19.1 Å². The van der Waals surface area contributed by atoms with Gasteiger partial charge in [-0.3, -0.25) is 14.4 Å². The fraction of sp³-hybridized carbons (Fsp3) is 0.375. The van der Waals surface area contributed by atoms with Crippen molar-refractivity contribution in [2.75, 3.05) is 0 Å². The Labute approximate surface area is 95.5 Å². The van der Waals surface area contributed by atoms with Crippen LogP contribution in [0.25, 0.3) is 0 Å². The van der Waals surface area contributed by atoms with Crippen molar-refractivity contribution in [3.05, 3.63) is 11.8 Å². The van der Waals surface area contributed by atoms with Crippen LogP contribution in [0.1, 0.15) is 13.8 Å². The summed E-state index contributed by atoms with van der Waals surface area (Å²) in [5.74, 6) is -2.74. The molecule has 0 spiro atoms. The Balaban J connectivity index is 0.00000144. The maximum absolute atomic E-state index is 11.1. The molecule has 13 heavy (non-hydrogen) atoms. The molecule has 1 atom stereocenters. The van der Waals surface area contributed by atoms with Gasteiger partial charge in [0.2, 0.25) is 0 Å². The molecular formula is C8H10O4Pb. The van der Waals surface area contributed by atoms with Gasteiger partial charge in [-0.25, -0.2) is 0 Å². The van der Waals surface area contributed by atoms with Gasteiger partial charge < -0.3 is 4.74 Å². The number of cyclic esters (lactones) is 1. The third kappa shape index (κ3) is 2.71. The molecule has 0 bridgehead atoms. The molecule has 1 unspecified atom stereocenters. The second-order valence-corrected chi connectivity index (χ2v) is 2.62. The van der Waals surface area contributed by atoms with Crippen molar-refractivity contribution in [1.82, 2.24) is 0 Å². The van der Waals surface area contributed by atoms with Gasteiger partial charge in [0.15, 0.2) is 17.5 Å². The summed E-state index contributed by atoms with van der Waals surface area (Å²) in [6.45, 7) is 2.68. The van der Waals surface area contributed by atoms with Gasteiger partial charge in [0, 0.05) is 6.08 Å². The summed E-state index contributed by atoms with van der Waals surface area (Å²) in [6.07, 6.45) is 1.16. The third-order valence-electron chi connectivity index (χ3n) is 1.53. The Hall–Kier alpha value is -0.528. The van der Waals surface area contributed by atoms with E-state index in [1.54, 1.807) is 0 Å². The van der Waals surface area contributed by atoms with Crippen molar-refractivity contribution >= 4 is 44.8 Å². The molecule has 1 aliphatic rings. The molecule has 0 saturated carbocycles. The van der Waals surface area contributed by atoms with Crippen molar-refractivity contribution in [2.24, 2.45) is 5.92 Å². The number of esters is 1. The van der Waals surface area contributed by atoms with E-state index in [0.29, 0.717) is 0 Å². The van der Waals surface area contributed by atoms with Crippen LogP contribution in [-0.4, -0.2) is 44.8 Å². The van der Waals surface area contributed by atoms with Crippen molar-refractivity contribution in [3.8, 4) is 0 Å². The van der Waals surface area contributed by atoms with E-state index in [1.807, 2.05) is 0 Å². The van der Waals surface area contributed by atoms with Crippen molar-refractivity contribution in [2.45, 2.75) is 13.8 Å². The number of ether oxygens (including phenoxy) is 1. The first-order chi connectivity index (χ1) is 5.52. The standard InChI is InChI=1S/C8H8O4.Pb.2H/c1-4-3-6(10)7(5(2)9)8(11)12-4;;;/h3,7H,1-2H3;;;. The van der Waals surface area contributed by atoms with Crippen LogP contribution in [0.4, 0.5) is 0 Å². The zero-order valence-electron chi connectivity index (χ0n) is 7.49. The normalized spacial score (nSPS) is 21.4. The van der Waals surface area contributed by atoms with Gasteiger partial charge in [0.1, 0.15) is 5.76 Å². The molecular weight excluding hydrogens is 367 g/mol. The van der Waals surface area contributed by atoms with Crippen molar-refractivity contribution in [3.63, 3.8) is 0 Å². The van der Waals surface area contributed by atoms with Crippen LogP contribution in [0.5, 0.6) is 0 Å². The number of rotatable bonds is 1. The second-order valence-electron chi connectivity index (χ2n) is 2.62. The first-order valence-corrected chi connectivity index (χ1v) is 3.46. The molecule has 0 aromatic rings. The quantitative estimate of drug-likeness (QED) is 0.345. The summed E-state index contributed by atoms with van der Waals surface area (Å²) in [5, 5.41) is 0. The van der Waals surface area contributed by atoms with E-state index in [9.17, 15) is 14.4 Å². The molecule has 0 N–H and O–H groups in total. The van der Waals surface area contributed by atoms with Gasteiger partial charge >= 0.3 is 33.3 Å². The van der Waals surface area contributed by atoms with Crippen LogP contribution < -0.4 is 0 Å². The van der Waals surface area contributed by atoms with E-state index in [1.165, 1.54) is 13.8 Å². The van der Waals surface area contributed by atoms with E-state index >= 15 is 0 Å². The fourth-order valence-electron chi connectivity index (χ4n) is 1.01. The molecule has 4 nitrogen and oxygen atoms in total. The van der Waals surface area contributed by atoms with Crippen molar-refractivity contribution in [1.29, 1.82) is 0 Å². The van der Waals surface area contributed by atoms with E-state index in [-0.39, 0.29) is 33.1 Å². The zero-order chi connectivity index (χ0) is 9.30. The molecule has 0 saturated heterocycles. The molecule has 2 radical (unpaired) electrons. The number of hydrogen-bond donors (Lipinski definition) is 0. The molecule has 1 aliphatic heterocycles. The topological polar surface area (TPSA) is 60.4 Å². The van der Waals surface area contributed by atoms with Crippen LogP contribution in [0.2, 0.25) is 0 Å². The zero-order valence-corrected chi connectivity index (χ0v) is 13.0. The van der Waals surface area contributed by atoms with Gasteiger partial charge in [-0.05, 0) is 13.8 Å². The van der Waals surface area contributed by atoms with Gasteiger partial charge in [0.25, 0.3) is 0 Å². The summed E-state index contributed by atoms with van der Waals surface area (Å²) in [7, 11) is 0. The van der Waals surface area contributed by atoms with Crippen LogP contribution >= 0.6 is 0 Å². The maximum atomic E-state index is 11.1. The molecule has 1 heterocycles. The number of allylic oxidation sites excluding steroid dienone is 2.